The van der Waals surface area contributed by atoms with Crippen LogP contribution in [0.1, 0.15) is 65.2 Å². The van der Waals surface area contributed by atoms with E-state index in [9.17, 15) is 29.7 Å². The molecule has 1 saturated carbocycles. The Morgan fingerprint density at radius 3 is 2.12 bits per heavy atom. The molecule has 10 heteroatoms. The summed E-state index contributed by atoms with van der Waals surface area (Å²) in [7, 11) is 1.50. The van der Waals surface area contributed by atoms with Crippen LogP contribution in [-0.2, 0) is 28.5 Å². The predicted molar refractivity (Wildman–Crippen MR) is 153 cm³/mol. The van der Waals surface area contributed by atoms with Crippen LogP contribution >= 0.6 is 0 Å². The summed E-state index contributed by atoms with van der Waals surface area (Å²) in [5.41, 5.74) is -4.17. The van der Waals surface area contributed by atoms with E-state index in [1.165, 1.54) is 27.0 Å². The van der Waals surface area contributed by atoms with Crippen LogP contribution in [0, 0.1) is 17.3 Å². The second-order valence-electron chi connectivity index (χ2n) is 12.3. The van der Waals surface area contributed by atoms with E-state index >= 15 is 0 Å². The molecule has 1 aromatic carbocycles. The molecular formula is C32H44O10. The molecule has 42 heavy (non-hydrogen) atoms. The van der Waals surface area contributed by atoms with Gasteiger partial charge in [0.1, 0.15) is 30.0 Å². The molecule has 0 radical (unpaired) electrons. The van der Waals surface area contributed by atoms with Gasteiger partial charge in [-0.1, -0.05) is 57.2 Å². The number of methoxy groups -OCH3 is 1. The van der Waals surface area contributed by atoms with Gasteiger partial charge >= 0.3 is 17.9 Å². The molecule has 232 valence electrons. The van der Waals surface area contributed by atoms with Crippen LogP contribution in [0.5, 0.6) is 0 Å². The summed E-state index contributed by atoms with van der Waals surface area (Å²) in [6.07, 6.45) is -1.00. The second-order valence-corrected chi connectivity index (χ2v) is 12.3. The number of hydrogen-bond donors (Lipinski definition) is 3. The maximum absolute atomic E-state index is 13.2. The summed E-state index contributed by atoms with van der Waals surface area (Å²) in [5.74, 6) is -3.93. The smallest absolute Gasteiger partial charge is 0.338 e. The zero-order valence-corrected chi connectivity index (χ0v) is 25.6. The maximum atomic E-state index is 13.2. The number of benzene rings is 1. The number of ether oxygens (including phenoxy) is 4. The van der Waals surface area contributed by atoms with Crippen LogP contribution in [-0.4, -0.2) is 82.1 Å². The topological polar surface area (TPSA) is 149 Å². The summed E-state index contributed by atoms with van der Waals surface area (Å²) in [6, 6.07) is 8.29. The molecule has 2 aliphatic rings. The van der Waals surface area contributed by atoms with Crippen molar-refractivity contribution in [1.82, 2.24) is 0 Å². The Balaban J connectivity index is 2.28. The van der Waals surface area contributed by atoms with Crippen molar-refractivity contribution in [3.05, 3.63) is 59.7 Å². The first-order chi connectivity index (χ1) is 19.5. The molecule has 0 aliphatic heterocycles. The highest BCUT2D eigenvalue weighted by Crippen LogP contribution is 2.51. The van der Waals surface area contributed by atoms with E-state index in [0.29, 0.717) is 5.57 Å². The molecule has 9 atom stereocenters. The highest BCUT2D eigenvalue weighted by molar-refractivity contribution is 5.89. The number of fused-ring (bicyclic) bond motifs is 1. The Labute approximate surface area is 247 Å². The fourth-order valence-electron chi connectivity index (χ4n) is 6.12. The molecule has 1 fully saturated rings. The third kappa shape index (κ3) is 6.62. The fraction of sp³-hybridized carbons (Fsp3) is 0.594. The van der Waals surface area contributed by atoms with Crippen LogP contribution in [0.2, 0.25) is 0 Å². The van der Waals surface area contributed by atoms with Crippen LogP contribution < -0.4 is 0 Å². The van der Waals surface area contributed by atoms with Crippen molar-refractivity contribution < 1.29 is 48.7 Å². The van der Waals surface area contributed by atoms with Gasteiger partial charge in [0.05, 0.1) is 17.6 Å². The minimum Gasteiger partial charge on any atom is -0.462 e. The van der Waals surface area contributed by atoms with Crippen LogP contribution in [0.3, 0.4) is 0 Å². The molecule has 0 bridgehead atoms. The van der Waals surface area contributed by atoms with E-state index in [1.54, 1.807) is 56.3 Å². The number of aliphatic hydroxyl groups excluding tert-OH is 2. The standard InChI is InChI=1S/C32H44O10/c1-18-16-23-26(41-28(36)22-12-10-9-11-13-22)19(2)27(35)32(23,42-21(4)34)29(37)31(7,38)15-14-30(5,6)25(40-20(3)33)17-24(18)39-8/h9-16,19,23-27,29,35,37-38H,17H2,1-8H3/b15-14+,18-16-. The van der Waals surface area contributed by atoms with Crippen LogP contribution in [0.15, 0.2) is 54.1 Å². The molecule has 2 aliphatic carbocycles. The van der Waals surface area contributed by atoms with E-state index in [1.807, 2.05) is 13.8 Å². The van der Waals surface area contributed by atoms with Crippen molar-refractivity contribution in [2.45, 2.75) is 96.6 Å². The third-order valence-corrected chi connectivity index (χ3v) is 8.56. The fourth-order valence-corrected chi connectivity index (χ4v) is 6.12. The summed E-state index contributed by atoms with van der Waals surface area (Å²) in [5, 5.41) is 35.3. The molecular weight excluding hydrogens is 544 g/mol. The lowest BCUT2D eigenvalue weighted by atomic mass is 9.73. The first kappa shape index (κ1) is 33.5. The van der Waals surface area contributed by atoms with Gasteiger partial charge in [-0.15, -0.1) is 0 Å². The summed E-state index contributed by atoms with van der Waals surface area (Å²) in [4.78, 5) is 37.9. The molecule has 0 aromatic heterocycles. The predicted octanol–water partition coefficient (Wildman–Crippen LogP) is 3.13. The lowest BCUT2D eigenvalue weighted by Gasteiger charge is -2.46. The zero-order chi connectivity index (χ0) is 31.6. The van der Waals surface area contributed by atoms with Crippen molar-refractivity contribution in [1.29, 1.82) is 0 Å². The summed E-state index contributed by atoms with van der Waals surface area (Å²) < 4.78 is 23.3. The average molecular weight is 589 g/mol. The number of aliphatic hydroxyl groups is 3. The molecule has 3 N–H and O–H groups in total. The Kier molecular flexibility index (Phi) is 10.1. The Bertz CT molecular complexity index is 1200. The van der Waals surface area contributed by atoms with E-state index in [-0.39, 0.29) is 12.0 Å². The molecule has 10 nitrogen and oxygen atoms in total. The Morgan fingerprint density at radius 2 is 1.57 bits per heavy atom. The Hall–Kier alpha value is -3.05. The Morgan fingerprint density at radius 1 is 0.952 bits per heavy atom. The lowest BCUT2D eigenvalue weighted by Crippen LogP contribution is -2.64. The van der Waals surface area contributed by atoms with Gasteiger partial charge in [-0.25, -0.2) is 4.79 Å². The first-order valence-corrected chi connectivity index (χ1v) is 14.1. The van der Waals surface area contributed by atoms with Gasteiger partial charge in [-0.2, -0.15) is 0 Å². The zero-order valence-electron chi connectivity index (χ0n) is 25.6. The van der Waals surface area contributed by atoms with E-state index in [4.69, 9.17) is 18.9 Å². The highest BCUT2D eigenvalue weighted by atomic mass is 16.6. The van der Waals surface area contributed by atoms with E-state index in [2.05, 4.69) is 0 Å². The van der Waals surface area contributed by atoms with Gasteiger partial charge in [-0.3, -0.25) is 9.59 Å². The molecule has 0 heterocycles. The van der Waals surface area contributed by atoms with Crippen LogP contribution in [0.25, 0.3) is 0 Å². The molecule has 1 aromatic rings. The number of hydrogen-bond acceptors (Lipinski definition) is 10. The highest BCUT2D eigenvalue weighted by Gasteiger charge is 2.68. The summed E-state index contributed by atoms with van der Waals surface area (Å²) in [6.45, 7) is 10.8. The van der Waals surface area contributed by atoms with Crippen LogP contribution in [0.4, 0.5) is 0 Å². The average Bonchev–Trinajstić information content (AvgIpc) is 3.10. The van der Waals surface area contributed by atoms with Crippen molar-refractivity contribution in [2.75, 3.05) is 7.11 Å². The second kappa shape index (κ2) is 12.7. The molecule has 0 spiro atoms. The minimum atomic E-state index is -2.13. The van der Waals surface area contributed by atoms with Gasteiger partial charge in [0, 0.05) is 38.7 Å². The van der Waals surface area contributed by atoms with Gasteiger partial charge in [-0.05, 0) is 31.6 Å². The SMILES string of the molecule is COC1CC(OC(C)=O)C(C)(C)/C=C/C(C)(O)C(O)C2(OC(C)=O)C(O)C(C)C(OC(=O)c3ccccc3)C2/C=C\1C. The van der Waals surface area contributed by atoms with E-state index in [0.717, 1.165) is 6.92 Å². The lowest BCUT2D eigenvalue weighted by molar-refractivity contribution is -0.222. The van der Waals surface area contributed by atoms with Gasteiger partial charge in [0.2, 0.25) is 0 Å². The molecule has 3 rings (SSSR count). The third-order valence-electron chi connectivity index (χ3n) is 8.56. The monoisotopic (exact) mass is 588 g/mol. The number of rotatable bonds is 5. The molecule has 9 unspecified atom stereocenters. The quantitative estimate of drug-likeness (QED) is 0.266. The maximum Gasteiger partial charge on any atom is 0.338 e. The van der Waals surface area contributed by atoms with Crippen molar-refractivity contribution in [3.8, 4) is 0 Å². The van der Waals surface area contributed by atoms with Gasteiger partial charge < -0.3 is 34.3 Å². The minimum absolute atomic E-state index is 0.223. The number of esters is 3. The normalized spacial score (nSPS) is 38.5. The largest absolute Gasteiger partial charge is 0.462 e. The first-order valence-electron chi connectivity index (χ1n) is 14.1. The van der Waals surface area contributed by atoms with Crippen molar-refractivity contribution in [3.63, 3.8) is 0 Å². The van der Waals surface area contributed by atoms with E-state index < -0.39 is 76.9 Å². The van der Waals surface area contributed by atoms with Gasteiger partial charge in [0.25, 0.3) is 0 Å². The van der Waals surface area contributed by atoms with Crippen molar-refractivity contribution >= 4 is 17.9 Å². The summed E-state index contributed by atoms with van der Waals surface area (Å²) >= 11 is 0. The molecule has 0 amide bonds. The van der Waals surface area contributed by atoms with Gasteiger partial charge in [0.15, 0.2) is 5.60 Å². The number of carbonyl (C=O) groups is 3. The number of carbonyl (C=O) groups excluding carboxylic acids is 3. The molecule has 0 saturated heterocycles. The van der Waals surface area contributed by atoms with Crippen molar-refractivity contribution in [2.24, 2.45) is 17.3 Å².